The van der Waals surface area contributed by atoms with Crippen molar-refractivity contribution in [2.45, 2.75) is 51.1 Å². The van der Waals surface area contributed by atoms with Crippen LogP contribution in [0.4, 0.5) is 4.39 Å². The van der Waals surface area contributed by atoms with E-state index in [1.165, 1.54) is 31.4 Å². The molecule has 1 aliphatic carbocycles. The van der Waals surface area contributed by atoms with Crippen LogP contribution >= 0.6 is 24.0 Å². The van der Waals surface area contributed by atoms with Gasteiger partial charge in [-0.1, -0.05) is 31.4 Å². The summed E-state index contributed by atoms with van der Waals surface area (Å²) in [6, 6.07) is 6.77. The van der Waals surface area contributed by atoms with Crippen LogP contribution in [0.25, 0.3) is 0 Å². The lowest BCUT2D eigenvalue weighted by Crippen LogP contribution is -2.41. The summed E-state index contributed by atoms with van der Waals surface area (Å²) in [5.74, 6) is 0.427. The lowest BCUT2D eigenvalue weighted by molar-refractivity contribution is -0.121. The molecule has 1 fully saturated rings. The molecule has 0 unspecified atom stereocenters. The molecule has 1 aromatic rings. The third-order valence-electron chi connectivity index (χ3n) is 4.19. The summed E-state index contributed by atoms with van der Waals surface area (Å²) >= 11 is 0. The van der Waals surface area contributed by atoms with Crippen molar-refractivity contribution in [3.8, 4) is 0 Å². The van der Waals surface area contributed by atoms with Crippen molar-refractivity contribution in [2.75, 3.05) is 13.6 Å². The Morgan fingerprint density at radius 1 is 1.24 bits per heavy atom. The smallest absolute Gasteiger partial charge is 0.221 e. The molecule has 7 heteroatoms. The van der Waals surface area contributed by atoms with Gasteiger partial charge in [0.2, 0.25) is 5.91 Å². The Hall–Kier alpha value is -1.38. The molecular formula is C18H28FIN4O. The number of carbonyl (C=O) groups is 1. The number of nitrogens with one attached hydrogen (secondary N) is 3. The number of hydrogen-bond acceptors (Lipinski definition) is 2. The lowest BCUT2D eigenvalue weighted by atomic mass is 9.95. The predicted octanol–water partition coefficient (Wildman–Crippen LogP) is 2.95. The molecule has 1 aromatic carbocycles. The van der Waals surface area contributed by atoms with Gasteiger partial charge in [-0.2, -0.15) is 0 Å². The van der Waals surface area contributed by atoms with Crippen LogP contribution in [0.3, 0.4) is 0 Å². The number of guanidine groups is 1. The SMILES string of the molecule is CN=C(NCCC(=O)NC1CCCCC1)NCc1cccc(F)c1.I. The summed E-state index contributed by atoms with van der Waals surface area (Å²) in [5.41, 5.74) is 0.841. The Labute approximate surface area is 166 Å². The molecule has 0 saturated heterocycles. The standard InChI is InChI=1S/C18H27FN4O.HI/c1-20-18(22-13-14-6-5-7-15(19)12-14)21-11-10-17(24)23-16-8-3-2-4-9-16;/h5-7,12,16H,2-4,8-11,13H2,1H3,(H,23,24)(H2,20,21,22);1H. The van der Waals surface area contributed by atoms with E-state index in [1.54, 1.807) is 13.1 Å². The molecule has 0 heterocycles. The third-order valence-corrected chi connectivity index (χ3v) is 4.19. The minimum atomic E-state index is -0.253. The topological polar surface area (TPSA) is 65.5 Å². The van der Waals surface area contributed by atoms with Crippen LogP contribution in [0.2, 0.25) is 0 Å². The molecular weight excluding hydrogens is 434 g/mol. The highest BCUT2D eigenvalue weighted by Gasteiger charge is 2.15. The van der Waals surface area contributed by atoms with Gasteiger partial charge in [0.15, 0.2) is 5.96 Å². The fourth-order valence-electron chi connectivity index (χ4n) is 2.89. The number of hydrogen-bond donors (Lipinski definition) is 3. The van der Waals surface area contributed by atoms with Crippen molar-refractivity contribution in [3.63, 3.8) is 0 Å². The predicted molar refractivity (Wildman–Crippen MR) is 110 cm³/mol. The molecule has 0 spiro atoms. The Balaban J connectivity index is 0.00000312. The summed E-state index contributed by atoms with van der Waals surface area (Å²) in [6.45, 7) is 0.993. The molecule has 5 nitrogen and oxygen atoms in total. The minimum absolute atomic E-state index is 0. The second-order valence-electron chi connectivity index (χ2n) is 6.13. The van der Waals surface area contributed by atoms with Crippen LogP contribution in [0, 0.1) is 5.82 Å². The largest absolute Gasteiger partial charge is 0.356 e. The molecule has 0 radical (unpaired) electrons. The average Bonchev–Trinajstić information content (AvgIpc) is 2.59. The van der Waals surface area contributed by atoms with Gasteiger partial charge in [-0.15, -0.1) is 24.0 Å². The number of benzene rings is 1. The van der Waals surface area contributed by atoms with Crippen LogP contribution in [0.1, 0.15) is 44.1 Å². The zero-order valence-electron chi connectivity index (χ0n) is 14.7. The van der Waals surface area contributed by atoms with Gasteiger partial charge in [0.25, 0.3) is 0 Å². The van der Waals surface area contributed by atoms with Crippen LogP contribution in [0.5, 0.6) is 0 Å². The average molecular weight is 462 g/mol. The van der Waals surface area contributed by atoms with E-state index in [9.17, 15) is 9.18 Å². The Bertz CT molecular complexity index is 562. The van der Waals surface area contributed by atoms with Crippen LogP contribution in [-0.4, -0.2) is 31.5 Å². The first-order chi connectivity index (χ1) is 11.7. The molecule has 1 aliphatic rings. The summed E-state index contributed by atoms with van der Waals surface area (Å²) < 4.78 is 13.1. The summed E-state index contributed by atoms with van der Waals surface area (Å²) in [6.07, 6.45) is 6.30. The number of halogens is 2. The van der Waals surface area contributed by atoms with Gasteiger partial charge in [0, 0.05) is 32.6 Å². The summed E-state index contributed by atoms with van der Waals surface area (Å²) in [5, 5.41) is 9.31. The third kappa shape index (κ3) is 8.51. The first-order valence-electron chi connectivity index (χ1n) is 8.65. The Morgan fingerprint density at radius 2 is 2.00 bits per heavy atom. The number of aliphatic imine (C=N–C) groups is 1. The second-order valence-corrected chi connectivity index (χ2v) is 6.13. The van der Waals surface area contributed by atoms with E-state index in [4.69, 9.17) is 0 Å². The van der Waals surface area contributed by atoms with Crippen LogP contribution in [-0.2, 0) is 11.3 Å². The van der Waals surface area contributed by atoms with Crippen molar-refractivity contribution in [2.24, 2.45) is 4.99 Å². The molecule has 25 heavy (non-hydrogen) atoms. The second kappa shape index (κ2) is 12.1. The van der Waals surface area contributed by atoms with Gasteiger partial charge in [-0.3, -0.25) is 9.79 Å². The molecule has 140 valence electrons. The van der Waals surface area contributed by atoms with Gasteiger partial charge in [-0.05, 0) is 30.5 Å². The van der Waals surface area contributed by atoms with E-state index >= 15 is 0 Å². The lowest BCUT2D eigenvalue weighted by Gasteiger charge is -2.22. The van der Waals surface area contributed by atoms with E-state index in [2.05, 4.69) is 20.9 Å². The zero-order chi connectivity index (χ0) is 17.2. The van der Waals surface area contributed by atoms with Crippen LogP contribution < -0.4 is 16.0 Å². The van der Waals surface area contributed by atoms with Gasteiger partial charge < -0.3 is 16.0 Å². The quantitative estimate of drug-likeness (QED) is 0.346. The van der Waals surface area contributed by atoms with Crippen molar-refractivity contribution in [1.29, 1.82) is 0 Å². The first-order valence-corrected chi connectivity index (χ1v) is 8.65. The molecule has 0 aromatic heterocycles. The molecule has 1 saturated carbocycles. The maximum atomic E-state index is 13.1. The van der Waals surface area contributed by atoms with Crippen molar-refractivity contribution in [1.82, 2.24) is 16.0 Å². The molecule has 2 rings (SSSR count). The van der Waals surface area contributed by atoms with E-state index in [0.717, 1.165) is 18.4 Å². The highest BCUT2D eigenvalue weighted by molar-refractivity contribution is 14.0. The molecule has 1 amide bonds. The molecule has 3 N–H and O–H groups in total. The first kappa shape index (κ1) is 21.7. The zero-order valence-corrected chi connectivity index (χ0v) is 17.0. The highest BCUT2D eigenvalue weighted by Crippen LogP contribution is 2.17. The monoisotopic (exact) mass is 462 g/mol. The fraction of sp³-hybridized carbons (Fsp3) is 0.556. The minimum Gasteiger partial charge on any atom is -0.356 e. The molecule has 0 bridgehead atoms. The fourth-order valence-corrected chi connectivity index (χ4v) is 2.89. The van der Waals surface area contributed by atoms with E-state index in [-0.39, 0.29) is 35.7 Å². The van der Waals surface area contributed by atoms with E-state index in [1.807, 2.05) is 6.07 Å². The van der Waals surface area contributed by atoms with Gasteiger partial charge in [0.05, 0.1) is 0 Å². The van der Waals surface area contributed by atoms with Crippen LogP contribution in [0.15, 0.2) is 29.3 Å². The Kier molecular flexibility index (Phi) is 10.4. The maximum absolute atomic E-state index is 13.1. The number of nitrogens with zero attached hydrogens (tertiary/aromatic N) is 1. The van der Waals surface area contributed by atoms with Crippen molar-refractivity contribution >= 4 is 35.8 Å². The number of amides is 1. The Morgan fingerprint density at radius 3 is 2.68 bits per heavy atom. The van der Waals surface area contributed by atoms with E-state index < -0.39 is 0 Å². The highest BCUT2D eigenvalue weighted by atomic mass is 127. The van der Waals surface area contributed by atoms with Gasteiger partial charge in [-0.25, -0.2) is 4.39 Å². The van der Waals surface area contributed by atoms with Gasteiger partial charge in [0.1, 0.15) is 5.82 Å². The number of carbonyl (C=O) groups excluding carboxylic acids is 1. The normalized spacial score (nSPS) is 15.2. The molecule has 0 aliphatic heterocycles. The summed E-state index contributed by atoms with van der Waals surface area (Å²) in [4.78, 5) is 16.1. The van der Waals surface area contributed by atoms with Gasteiger partial charge >= 0.3 is 0 Å². The van der Waals surface area contributed by atoms with Crippen molar-refractivity contribution in [3.05, 3.63) is 35.6 Å². The number of rotatable bonds is 6. The van der Waals surface area contributed by atoms with E-state index in [0.29, 0.717) is 31.5 Å². The maximum Gasteiger partial charge on any atom is 0.221 e. The molecule has 0 atom stereocenters. The van der Waals surface area contributed by atoms with Crippen molar-refractivity contribution < 1.29 is 9.18 Å². The summed E-state index contributed by atoms with van der Waals surface area (Å²) in [7, 11) is 1.67.